The summed E-state index contributed by atoms with van der Waals surface area (Å²) >= 11 is 0. The first-order valence-corrected chi connectivity index (χ1v) is 11.4. The van der Waals surface area contributed by atoms with Crippen molar-refractivity contribution in [2.24, 2.45) is 0 Å². The summed E-state index contributed by atoms with van der Waals surface area (Å²) in [6.07, 6.45) is 0.369. The molecule has 28 heavy (non-hydrogen) atoms. The minimum atomic E-state index is -3.61. The van der Waals surface area contributed by atoms with Crippen LogP contribution in [0.15, 0.2) is 23.1 Å². The lowest BCUT2D eigenvalue weighted by atomic mass is 10.1. The van der Waals surface area contributed by atoms with Crippen molar-refractivity contribution in [2.75, 3.05) is 39.3 Å². The van der Waals surface area contributed by atoms with Gasteiger partial charge in [-0.15, -0.1) is 0 Å². The van der Waals surface area contributed by atoms with Crippen LogP contribution in [0.5, 0.6) is 0 Å². The van der Waals surface area contributed by atoms with E-state index < -0.39 is 10.0 Å². The summed E-state index contributed by atoms with van der Waals surface area (Å²) < 4.78 is 32.8. The zero-order chi connectivity index (χ0) is 20.9. The highest BCUT2D eigenvalue weighted by Crippen LogP contribution is 2.21. The maximum atomic E-state index is 12.8. The molecule has 1 aliphatic heterocycles. The van der Waals surface area contributed by atoms with Crippen LogP contribution in [0.25, 0.3) is 0 Å². The van der Waals surface area contributed by atoms with Crippen LogP contribution in [-0.4, -0.2) is 75.0 Å². The standard InChI is InChI=1S/C20H33N3O4S/c1-6-23(7-2)28(25,26)19-12-18(9-8-15(19)3)20(24)21-10-11-22-13-16(4)27-17(5)14-22/h8-9,12,16-17H,6-7,10-11,13-14H2,1-5H3,(H,21,24). The van der Waals surface area contributed by atoms with Gasteiger partial charge in [0, 0.05) is 44.8 Å². The van der Waals surface area contributed by atoms with E-state index in [1.807, 2.05) is 13.8 Å². The van der Waals surface area contributed by atoms with Crippen molar-refractivity contribution in [1.29, 1.82) is 0 Å². The molecule has 1 aromatic rings. The highest BCUT2D eigenvalue weighted by molar-refractivity contribution is 7.89. The zero-order valence-electron chi connectivity index (χ0n) is 17.6. The first-order valence-electron chi connectivity index (χ1n) is 9.95. The molecule has 0 aliphatic carbocycles. The summed E-state index contributed by atoms with van der Waals surface area (Å²) in [4.78, 5) is 15.0. The maximum absolute atomic E-state index is 12.8. The quantitative estimate of drug-likeness (QED) is 0.706. The van der Waals surface area contributed by atoms with E-state index in [9.17, 15) is 13.2 Å². The van der Waals surface area contributed by atoms with Gasteiger partial charge in [-0.25, -0.2) is 8.42 Å². The Bertz CT molecular complexity index is 768. The third-order valence-corrected chi connectivity index (χ3v) is 7.17. The van der Waals surface area contributed by atoms with E-state index in [0.717, 1.165) is 19.6 Å². The molecule has 1 amide bonds. The van der Waals surface area contributed by atoms with Crippen LogP contribution >= 0.6 is 0 Å². The van der Waals surface area contributed by atoms with Crippen molar-refractivity contribution < 1.29 is 17.9 Å². The van der Waals surface area contributed by atoms with E-state index in [-0.39, 0.29) is 23.0 Å². The Hall–Kier alpha value is -1.48. The Balaban J connectivity index is 2.04. The number of carbonyl (C=O) groups excluding carboxylic acids is 1. The van der Waals surface area contributed by atoms with Crippen molar-refractivity contribution in [2.45, 2.75) is 51.7 Å². The van der Waals surface area contributed by atoms with Gasteiger partial charge in [0.2, 0.25) is 10.0 Å². The summed E-state index contributed by atoms with van der Waals surface area (Å²) in [7, 11) is -3.61. The van der Waals surface area contributed by atoms with Gasteiger partial charge in [0.15, 0.2) is 0 Å². The lowest BCUT2D eigenvalue weighted by molar-refractivity contribution is -0.0672. The molecule has 2 unspecified atom stereocenters. The fraction of sp³-hybridized carbons (Fsp3) is 0.650. The highest BCUT2D eigenvalue weighted by atomic mass is 32.2. The van der Waals surface area contributed by atoms with Crippen LogP contribution < -0.4 is 5.32 Å². The molecule has 0 spiro atoms. The number of morpholine rings is 1. The van der Waals surface area contributed by atoms with E-state index >= 15 is 0 Å². The third-order valence-electron chi connectivity index (χ3n) is 4.98. The molecule has 1 aliphatic rings. The highest BCUT2D eigenvalue weighted by Gasteiger charge is 2.25. The molecule has 158 valence electrons. The summed E-state index contributed by atoms with van der Waals surface area (Å²) in [6, 6.07) is 4.85. The van der Waals surface area contributed by atoms with Gasteiger partial charge in [-0.1, -0.05) is 19.9 Å². The van der Waals surface area contributed by atoms with Crippen LogP contribution in [0, 0.1) is 6.92 Å². The normalized spacial score (nSPS) is 21.1. The monoisotopic (exact) mass is 411 g/mol. The molecular formula is C20H33N3O4S. The van der Waals surface area contributed by atoms with E-state index in [1.165, 1.54) is 10.4 Å². The number of hydrogen-bond donors (Lipinski definition) is 1. The van der Waals surface area contributed by atoms with Crippen molar-refractivity contribution >= 4 is 15.9 Å². The summed E-state index contributed by atoms with van der Waals surface area (Å²) in [6.45, 7) is 13.2. The largest absolute Gasteiger partial charge is 0.373 e. The molecule has 1 aromatic carbocycles. The second kappa shape index (κ2) is 9.82. The van der Waals surface area contributed by atoms with Gasteiger partial charge in [0.25, 0.3) is 5.91 Å². The van der Waals surface area contributed by atoms with Crippen molar-refractivity contribution in [3.63, 3.8) is 0 Å². The maximum Gasteiger partial charge on any atom is 0.251 e. The molecule has 0 bridgehead atoms. The minimum absolute atomic E-state index is 0.185. The Morgan fingerprint density at radius 1 is 1.21 bits per heavy atom. The summed E-state index contributed by atoms with van der Waals surface area (Å²) in [5.41, 5.74) is 1.000. The van der Waals surface area contributed by atoms with Gasteiger partial charge >= 0.3 is 0 Å². The number of rotatable bonds is 8. The van der Waals surface area contributed by atoms with Crippen LogP contribution in [0.3, 0.4) is 0 Å². The number of benzene rings is 1. The van der Waals surface area contributed by atoms with Crippen LogP contribution in [0.2, 0.25) is 0 Å². The number of ether oxygens (including phenoxy) is 1. The van der Waals surface area contributed by atoms with Crippen LogP contribution in [-0.2, 0) is 14.8 Å². The lowest BCUT2D eigenvalue weighted by Gasteiger charge is -2.35. The molecule has 2 rings (SSSR count). The van der Waals surface area contributed by atoms with Crippen LogP contribution in [0.1, 0.15) is 43.6 Å². The van der Waals surface area contributed by atoms with Gasteiger partial charge in [-0.3, -0.25) is 9.69 Å². The minimum Gasteiger partial charge on any atom is -0.373 e. The Kier molecular flexibility index (Phi) is 8.00. The van der Waals surface area contributed by atoms with Gasteiger partial charge in [0.05, 0.1) is 17.1 Å². The van der Waals surface area contributed by atoms with Crippen LogP contribution in [0.4, 0.5) is 0 Å². The predicted octanol–water partition coefficient (Wildman–Crippen LogP) is 1.86. The summed E-state index contributed by atoms with van der Waals surface area (Å²) in [5, 5.41) is 2.90. The SMILES string of the molecule is CCN(CC)S(=O)(=O)c1cc(C(=O)NCCN2CC(C)OC(C)C2)ccc1C. The van der Waals surface area contributed by atoms with Crippen molar-refractivity contribution in [3.05, 3.63) is 29.3 Å². The molecule has 1 saturated heterocycles. The number of carbonyl (C=O) groups is 1. The van der Waals surface area contributed by atoms with Gasteiger partial charge in [-0.05, 0) is 38.5 Å². The fourth-order valence-corrected chi connectivity index (χ4v) is 5.33. The number of amides is 1. The average molecular weight is 412 g/mol. The lowest BCUT2D eigenvalue weighted by Crippen LogP contribution is -2.47. The van der Waals surface area contributed by atoms with Crippen molar-refractivity contribution in [1.82, 2.24) is 14.5 Å². The summed E-state index contributed by atoms with van der Waals surface area (Å²) in [5.74, 6) is -0.259. The molecule has 1 fully saturated rings. The second-order valence-electron chi connectivity index (χ2n) is 7.34. The third kappa shape index (κ3) is 5.53. The topological polar surface area (TPSA) is 79.0 Å². The smallest absolute Gasteiger partial charge is 0.251 e. The van der Waals surface area contributed by atoms with E-state index in [2.05, 4.69) is 10.2 Å². The van der Waals surface area contributed by atoms with E-state index in [1.54, 1.807) is 32.9 Å². The molecule has 0 radical (unpaired) electrons. The van der Waals surface area contributed by atoms with Gasteiger partial charge in [0.1, 0.15) is 0 Å². The fourth-order valence-electron chi connectivity index (χ4n) is 3.62. The molecule has 1 heterocycles. The average Bonchev–Trinajstić information content (AvgIpc) is 2.61. The molecule has 8 heteroatoms. The predicted molar refractivity (Wildman–Crippen MR) is 110 cm³/mol. The van der Waals surface area contributed by atoms with Crippen molar-refractivity contribution in [3.8, 4) is 0 Å². The molecule has 1 N–H and O–H groups in total. The second-order valence-corrected chi connectivity index (χ2v) is 9.25. The Labute approximate surface area is 169 Å². The Morgan fingerprint density at radius 3 is 2.39 bits per heavy atom. The van der Waals surface area contributed by atoms with E-state index in [0.29, 0.717) is 30.8 Å². The molecule has 2 atom stereocenters. The molecule has 0 saturated carbocycles. The number of sulfonamides is 1. The number of hydrogen-bond acceptors (Lipinski definition) is 5. The Morgan fingerprint density at radius 2 is 1.82 bits per heavy atom. The first-order chi connectivity index (χ1) is 13.2. The number of nitrogens with one attached hydrogen (secondary N) is 1. The van der Waals surface area contributed by atoms with Gasteiger partial charge < -0.3 is 10.1 Å². The zero-order valence-corrected chi connectivity index (χ0v) is 18.4. The molecule has 7 nitrogen and oxygen atoms in total. The molecular weight excluding hydrogens is 378 g/mol. The van der Waals surface area contributed by atoms with E-state index in [4.69, 9.17) is 4.74 Å². The number of nitrogens with zero attached hydrogens (tertiary/aromatic N) is 2. The number of aryl methyl sites for hydroxylation is 1. The molecule has 0 aromatic heterocycles. The van der Waals surface area contributed by atoms with Gasteiger partial charge in [-0.2, -0.15) is 4.31 Å². The first kappa shape index (κ1) is 22.8.